The van der Waals surface area contributed by atoms with Gasteiger partial charge in [-0.25, -0.2) is 0 Å². The first kappa shape index (κ1) is 12.0. The van der Waals surface area contributed by atoms with Crippen molar-refractivity contribution in [2.75, 3.05) is 6.61 Å². The maximum Gasteiger partial charge on any atom is 0.0726 e. The van der Waals surface area contributed by atoms with Gasteiger partial charge in [0, 0.05) is 29.4 Å². The predicted molar refractivity (Wildman–Crippen MR) is 67.2 cm³/mol. The summed E-state index contributed by atoms with van der Waals surface area (Å²) in [4.78, 5) is 4.35. The highest BCUT2D eigenvalue weighted by molar-refractivity contribution is 9.10. The van der Waals surface area contributed by atoms with Gasteiger partial charge >= 0.3 is 0 Å². The van der Waals surface area contributed by atoms with Gasteiger partial charge in [-0.1, -0.05) is 0 Å². The Bertz CT molecular complexity index is 355. The van der Waals surface area contributed by atoms with E-state index < -0.39 is 0 Å². The van der Waals surface area contributed by atoms with Gasteiger partial charge in [0.1, 0.15) is 0 Å². The van der Waals surface area contributed by atoms with Crippen molar-refractivity contribution in [2.45, 2.75) is 38.5 Å². The van der Waals surface area contributed by atoms with Crippen LogP contribution in [0.25, 0.3) is 0 Å². The topological polar surface area (TPSA) is 34.1 Å². The lowest BCUT2D eigenvalue weighted by Crippen LogP contribution is -2.47. The summed E-state index contributed by atoms with van der Waals surface area (Å²) < 4.78 is 6.60. The molecule has 1 aromatic heterocycles. The second kappa shape index (κ2) is 4.82. The van der Waals surface area contributed by atoms with Crippen LogP contribution < -0.4 is 5.32 Å². The summed E-state index contributed by atoms with van der Waals surface area (Å²) in [5, 5.41) is 3.54. The van der Waals surface area contributed by atoms with E-state index in [1.807, 2.05) is 18.3 Å². The second-order valence-corrected chi connectivity index (χ2v) is 5.42. The van der Waals surface area contributed by atoms with Crippen molar-refractivity contribution in [3.05, 3.63) is 28.5 Å². The van der Waals surface area contributed by atoms with Gasteiger partial charge in [-0.2, -0.15) is 0 Å². The van der Waals surface area contributed by atoms with Gasteiger partial charge in [0.2, 0.25) is 0 Å². The van der Waals surface area contributed by atoms with Crippen molar-refractivity contribution in [3.8, 4) is 0 Å². The van der Waals surface area contributed by atoms with Gasteiger partial charge < -0.3 is 10.1 Å². The van der Waals surface area contributed by atoms with E-state index in [-0.39, 0.29) is 11.6 Å². The van der Waals surface area contributed by atoms with E-state index >= 15 is 0 Å². The van der Waals surface area contributed by atoms with E-state index in [1.165, 1.54) is 0 Å². The smallest absolute Gasteiger partial charge is 0.0726 e. The number of hydrogen-bond acceptors (Lipinski definition) is 3. The molecule has 0 spiro atoms. The highest BCUT2D eigenvalue weighted by Crippen LogP contribution is 2.25. The number of nitrogens with zero attached hydrogens (tertiary/aromatic N) is 1. The van der Waals surface area contributed by atoms with Crippen LogP contribution in [0.5, 0.6) is 0 Å². The molecule has 1 aromatic rings. The first-order chi connectivity index (χ1) is 7.60. The fourth-order valence-electron chi connectivity index (χ4n) is 1.87. The Balaban J connectivity index is 1.94. The fraction of sp³-hybridized carbons (Fsp3) is 0.583. The van der Waals surface area contributed by atoms with Gasteiger partial charge in [0.05, 0.1) is 11.8 Å². The lowest BCUT2D eigenvalue weighted by atomic mass is 9.94. The Hall–Kier alpha value is -0.450. The number of aromatic nitrogens is 1. The number of ether oxygens (including phenoxy) is 1. The summed E-state index contributed by atoms with van der Waals surface area (Å²) in [6.07, 6.45) is 3.15. The zero-order valence-electron chi connectivity index (χ0n) is 9.66. The molecule has 1 N–H and O–H groups in total. The van der Waals surface area contributed by atoms with E-state index in [4.69, 9.17) is 4.74 Å². The van der Waals surface area contributed by atoms with Crippen LogP contribution in [-0.4, -0.2) is 23.2 Å². The first-order valence-corrected chi connectivity index (χ1v) is 6.36. The lowest BCUT2D eigenvalue weighted by molar-refractivity contribution is 0.0880. The maximum absolute atomic E-state index is 5.59. The van der Waals surface area contributed by atoms with E-state index in [0.717, 1.165) is 29.7 Å². The zero-order chi connectivity index (χ0) is 11.6. The van der Waals surface area contributed by atoms with Crippen LogP contribution in [0.15, 0.2) is 22.8 Å². The molecule has 1 fully saturated rings. The minimum atomic E-state index is 0.0781. The highest BCUT2D eigenvalue weighted by atomic mass is 79.9. The van der Waals surface area contributed by atoms with Crippen LogP contribution >= 0.6 is 15.9 Å². The Morgan fingerprint density at radius 1 is 1.62 bits per heavy atom. The quantitative estimate of drug-likeness (QED) is 0.926. The highest BCUT2D eigenvalue weighted by Gasteiger charge is 2.36. The number of nitrogens with one attached hydrogen (secondary N) is 1. The van der Waals surface area contributed by atoms with E-state index in [2.05, 4.69) is 40.1 Å². The Morgan fingerprint density at radius 2 is 2.44 bits per heavy atom. The van der Waals surface area contributed by atoms with Crippen molar-refractivity contribution in [1.82, 2.24) is 10.3 Å². The summed E-state index contributed by atoms with van der Waals surface area (Å²) >= 11 is 3.38. The minimum Gasteiger partial charge on any atom is -0.377 e. The van der Waals surface area contributed by atoms with E-state index in [9.17, 15) is 0 Å². The Kier molecular flexibility index (Phi) is 3.62. The van der Waals surface area contributed by atoms with Crippen LogP contribution in [0.4, 0.5) is 0 Å². The average molecular weight is 285 g/mol. The number of rotatable bonds is 3. The van der Waals surface area contributed by atoms with Crippen LogP contribution in [0.3, 0.4) is 0 Å². The number of halogens is 1. The summed E-state index contributed by atoms with van der Waals surface area (Å²) in [7, 11) is 0. The van der Waals surface area contributed by atoms with Crippen LogP contribution in [0.1, 0.15) is 26.0 Å². The minimum absolute atomic E-state index is 0.0781. The fourth-order valence-corrected chi connectivity index (χ4v) is 2.11. The van der Waals surface area contributed by atoms with Crippen molar-refractivity contribution in [3.63, 3.8) is 0 Å². The SMILES string of the molecule is CC1OCCC1(C)NCc1ccc(Br)cn1. The van der Waals surface area contributed by atoms with Crippen molar-refractivity contribution in [1.29, 1.82) is 0 Å². The largest absolute Gasteiger partial charge is 0.377 e. The molecule has 0 amide bonds. The number of hydrogen-bond donors (Lipinski definition) is 1. The monoisotopic (exact) mass is 284 g/mol. The number of pyridine rings is 1. The van der Waals surface area contributed by atoms with Crippen molar-refractivity contribution >= 4 is 15.9 Å². The molecule has 1 aliphatic rings. The molecule has 0 aliphatic carbocycles. The van der Waals surface area contributed by atoms with Crippen LogP contribution in [0.2, 0.25) is 0 Å². The normalized spacial score (nSPS) is 29.6. The van der Waals surface area contributed by atoms with Crippen LogP contribution in [-0.2, 0) is 11.3 Å². The van der Waals surface area contributed by atoms with Crippen molar-refractivity contribution < 1.29 is 4.74 Å². The van der Waals surface area contributed by atoms with E-state index in [0.29, 0.717) is 0 Å². The molecule has 2 rings (SSSR count). The molecule has 16 heavy (non-hydrogen) atoms. The molecule has 0 aromatic carbocycles. The molecule has 88 valence electrons. The molecule has 0 radical (unpaired) electrons. The zero-order valence-corrected chi connectivity index (χ0v) is 11.3. The molecule has 0 bridgehead atoms. The van der Waals surface area contributed by atoms with E-state index in [1.54, 1.807) is 0 Å². The summed E-state index contributed by atoms with van der Waals surface area (Å²) in [6, 6.07) is 4.04. The molecule has 3 nitrogen and oxygen atoms in total. The molecule has 0 saturated carbocycles. The molecule has 2 heterocycles. The molecule has 4 heteroatoms. The molecule has 1 saturated heterocycles. The molecule has 2 unspecified atom stereocenters. The molecular weight excluding hydrogens is 268 g/mol. The summed E-state index contributed by atoms with van der Waals surface area (Å²) in [5.74, 6) is 0. The van der Waals surface area contributed by atoms with Gasteiger partial charge in [-0.15, -0.1) is 0 Å². The van der Waals surface area contributed by atoms with Gasteiger partial charge in [-0.3, -0.25) is 4.98 Å². The third-order valence-electron chi connectivity index (χ3n) is 3.35. The summed E-state index contributed by atoms with van der Waals surface area (Å²) in [5.41, 5.74) is 1.14. The standard InChI is InChI=1S/C12H17BrN2O/c1-9-12(2,5-6-16-9)15-8-11-4-3-10(13)7-14-11/h3-4,7,9,15H,5-6,8H2,1-2H3. The van der Waals surface area contributed by atoms with Gasteiger partial charge in [0.25, 0.3) is 0 Å². The van der Waals surface area contributed by atoms with Crippen molar-refractivity contribution in [2.24, 2.45) is 0 Å². The van der Waals surface area contributed by atoms with Gasteiger partial charge in [-0.05, 0) is 48.3 Å². The first-order valence-electron chi connectivity index (χ1n) is 5.57. The molecule has 1 aliphatic heterocycles. The molecular formula is C12H17BrN2O. The third kappa shape index (κ3) is 2.62. The van der Waals surface area contributed by atoms with Gasteiger partial charge in [0.15, 0.2) is 0 Å². The predicted octanol–water partition coefficient (Wildman–Crippen LogP) is 2.50. The third-order valence-corrected chi connectivity index (χ3v) is 3.82. The summed E-state index contributed by atoms with van der Waals surface area (Å²) in [6.45, 7) is 5.97. The maximum atomic E-state index is 5.59. The average Bonchev–Trinajstić information content (AvgIpc) is 2.59. The second-order valence-electron chi connectivity index (χ2n) is 4.50. The lowest BCUT2D eigenvalue weighted by Gasteiger charge is -2.28. The Labute approximate surface area is 105 Å². The Morgan fingerprint density at radius 3 is 3.00 bits per heavy atom. The molecule has 2 atom stereocenters. The van der Waals surface area contributed by atoms with Crippen LogP contribution in [0, 0.1) is 0 Å².